The van der Waals surface area contributed by atoms with Crippen LogP contribution in [0, 0.1) is 5.41 Å². The Hall–Kier alpha value is -3.34. The van der Waals surface area contributed by atoms with Gasteiger partial charge in [0, 0.05) is 17.3 Å². The van der Waals surface area contributed by atoms with E-state index >= 15 is 0 Å². The lowest BCUT2D eigenvalue weighted by atomic mass is 9.72. The molecule has 1 aromatic carbocycles. The van der Waals surface area contributed by atoms with Crippen molar-refractivity contribution < 1.29 is 19.8 Å². The summed E-state index contributed by atoms with van der Waals surface area (Å²) >= 11 is 0. The lowest BCUT2D eigenvalue weighted by Gasteiger charge is -2.32. The Morgan fingerprint density at radius 1 is 1.17 bits per heavy atom. The van der Waals surface area contributed by atoms with E-state index in [0.717, 1.165) is 11.1 Å². The topological polar surface area (TPSA) is 86.6 Å². The first-order valence-corrected chi connectivity index (χ1v) is 12.2. The number of carboxylic acids is 1. The molecule has 1 unspecified atom stereocenters. The Kier molecular flexibility index (Phi) is 9.88. The van der Waals surface area contributed by atoms with E-state index in [1.807, 2.05) is 25.2 Å². The molecule has 0 heterocycles. The lowest BCUT2D eigenvalue weighted by Crippen LogP contribution is -2.19. The standard InChI is InChI=1S/C30H39NO4/c1-7-24(29(34)35)25-19-23(14-16-27(25)32)31-28(33)18-21(3)11-8-10-20(2)13-15-26-22(4)12-9-17-30(26,5)6/h8,10-11,13-16,18-19,24,32H,7,9,12,17H2,1-6H3,(H,31,33)(H,34,35). The fourth-order valence-electron chi connectivity index (χ4n) is 4.50. The average molecular weight is 478 g/mol. The van der Waals surface area contributed by atoms with Crippen molar-refractivity contribution in [3.8, 4) is 5.75 Å². The predicted molar refractivity (Wildman–Crippen MR) is 144 cm³/mol. The van der Waals surface area contributed by atoms with Crippen LogP contribution in [0.15, 0.2) is 76.9 Å². The van der Waals surface area contributed by atoms with E-state index < -0.39 is 11.9 Å². The molecule has 35 heavy (non-hydrogen) atoms. The van der Waals surface area contributed by atoms with E-state index in [-0.39, 0.29) is 22.6 Å². The molecule has 1 atom stereocenters. The van der Waals surface area contributed by atoms with E-state index in [4.69, 9.17) is 0 Å². The lowest BCUT2D eigenvalue weighted by molar-refractivity contribution is -0.138. The van der Waals surface area contributed by atoms with Crippen LogP contribution in [0.4, 0.5) is 5.69 Å². The predicted octanol–water partition coefficient (Wildman–Crippen LogP) is 7.44. The molecule has 1 amide bonds. The second-order valence-corrected chi connectivity index (χ2v) is 9.98. The van der Waals surface area contributed by atoms with Crippen molar-refractivity contribution >= 4 is 17.6 Å². The molecule has 5 nitrogen and oxygen atoms in total. The summed E-state index contributed by atoms with van der Waals surface area (Å²) in [6.45, 7) is 12.5. The number of amides is 1. The summed E-state index contributed by atoms with van der Waals surface area (Å²) in [6, 6.07) is 4.46. The van der Waals surface area contributed by atoms with E-state index in [2.05, 4.69) is 45.2 Å². The van der Waals surface area contributed by atoms with Gasteiger partial charge in [0.15, 0.2) is 0 Å². The Morgan fingerprint density at radius 2 is 1.89 bits per heavy atom. The maximum Gasteiger partial charge on any atom is 0.311 e. The van der Waals surface area contributed by atoms with Gasteiger partial charge in [0.1, 0.15) is 5.75 Å². The minimum atomic E-state index is -1.01. The molecular weight excluding hydrogens is 438 g/mol. The number of carbonyl (C=O) groups is 2. The van der Waals surface area contributed by atoms with Crippen LogP contribution in [-0.4, -0.2) is 22.1 Å². The highest BCUT2D eigenvalue weighted by Gasteiger charge is 2.26. The third kappa shape index (κ3) is 8.13. The maximum absolute atomic E-state index is 12.4. The molecule has 0 saturated carbocycles. The second-order valence-electron chi connectivity index (χ2n) is 9.98. The molecule has 0 saturated heterocycles. The molecule has 1 aliphatic rings. The molecule has 1 aromatic rings. The third-order valence-corrected chi connectivity index (χ3v) is 6.51. The fraction of sp³-hybridized carbons (Fsp3) is 0.400. The third-order valence-electron chi connectivity index (χ3n) is 6.51. The Morgan fingerprint density at radius 3 is 2.51 bits per heavy atom. The maximum atomic E-state index is 12.4. The van der Waals surface area contributed by atoms with E-state index in [9.17, 15) is 19.8 Å². The largest absolute Gasteiger partial charge is 0.508 e. The van der Waals surface area contributed by atoms with Crippen LogP contribution >= 0.6 is 0 Å². The van der Waals surface area contributed by atoms with E-state index in [1.165, 1.54) is 48.6 Å². The first-order chi connectivity index (χ1) is 16.4. The van der Waals surface area contributed by atoms with Gasteiger partial charge in [-0.3, -0.25) is 9.59 Å². The molecule has 3 N–H and O–H groups in total. The van der Waals surface area contributed by atoms with Gasteiger partial charge in [-0.15, -0.1) is 0 Å². The van der Waals surface area contributed by atoms with Gasteiger partial charge >= 0.3 is 5.97 Å². The number of hydrogen-bond donors (Lipinski definition) is 3. The van der Waals surface area contributed by atoms with Crippen LogP contribution in [0.5, 0.6) is 5.75 Å². The number of anilines is 1. The number of allylic oxidation sites excluding steroid dienone is 9. The van der Waals surface area contributed by atoms with Gasteiger partial charge in [-0.25, -0.2) is 0 Å². The van der Waals surface area contributed by atoms with Crippen LogP contribution < -0.4 is 5.32 Å². The van der Waals surface area contributed by atoms with Gasteiger partial charge in [0.05, 0.1) is 5.92 Å². The highest BCUT2D eigenvalue weighted by atomic mass is 16.4. The van der Waals surface area contributed by atoms with Crippen molar-refractivity contribution in [1.82, 2.24) is 0 Å². The SMILES string of the molecule is CCC(C(=O)O)c1cc(NC(=O)C=C(C)C=CC=C(C)C=CC2=C(C)CCCC2(C)C)ccc1O. The molecule has 2 rings (SSSR count). The summed E-state index contributed by atoms with van der Waals surface area (Å²) in [4.78, 5) is 23.9. The van der Waals surface area contributed by atoms with Crippen molar-refractivity contribution in [2.24, 2.45) is 5.41 Å². The van der Waals surface area contributed by atoms with Gasteiger partial charge in [-0.1, -0.05) is 62.3 Å². The molecule has 0 radical (unpaired) electrons. The molecular formula is C30H39NO4. The van der Waals surface area contributed by atoms with Gasteiger partial charge in [-0.2, -0.15) is 0 Å². The van der Waals surface area contributed by atoms with Crippen LogP contribution in [0.1, 0.15) is 78.7 Å². The minimum Gasteiger partial charge on any atom is -0.508 e. The average Bonchev–Trinajstić information content (AvgIpc) is 2.75. The zero-order valence-electron chi connectivity index (χ0n) is 21.8. The number of rotatable bonds is 9. The molecule has 5 heteroatoms. The number of carboxylic acid groups (broad SMARTS) is 1. The Bertz CT molecular complexity index is 1100. The molecule has 1 aliphatic carbocycles. The Labute approximate surface area is 209 Å². The minimum absolute atomic E-state index is 0.0957. The first kappa shape index (κ1) is 27.9. The number of aromatic hydroxyl groups is 1. The number of aliphatic carboxylic acids is 1. The quantitative estimate of drug-likeness (QED) is 0.196. The van der Waals surface area contributed by atoms with Crippen LogP contribution in [0.25, 0.3) is 0 Å². The normalized spacial score (nSPS) is 17.8. The first-order valence-electron chi connectivity index (χ1n) is 12.2. The van der Waals surface area contributed by atoms with Crippen molar-refractivity contribution in [2.45, 2.75) is 73.1 Å². The highest BCUT2D eigenvalue weighted by Crippen LogP contribution is 2.40. The van der Waals surface area contributed by atoms with Crippen molar-refractivity contribution in [1.29, 1.82) is 0 Å². The summed E-state index contributed by atoms with van der Waals surface area (Å²) < 4.78 is 0. The zero-order valence-corrected chi connectivity index (χ0v) is 21.8. The summed E-state index contributed by atoms with van der Waals surface area (Å²) in [5.41, 5.74) is 5.74. The van der Waals surface area contributed by atoms with Crippen molar-refractivity contribution in [2.75, 3.05) is 5.32 Å². The molecule has 0 aliphatic heterocycles. The number of benzene rings is 1. The Balaban J connectivity index is 2.04. The van der Waals surface area contributed by atoms with Gasteiger partial charge in [-0.05, 0) is 81.2 Å². The van der Waals surface area contributed by atoms with Gasteiger partial charge in [0.2, 0.25) is 5.91 Å². The summed E-state index contributed by atoms with van der Waals surface area (Å²) in [5, 5.41) is 22.2. The molecule has 0 fully saturated rings. The number of phenolic OH excluding ortho intramolecular Hbond substituents is 1. The fourth-order valence-corrected chi connectivity index (χ4v) is 4.50. The molecule has 0 aromatic heterocycles. The van der Waals surface area contributed by atoms with Gasteiger partial charge < -0.3 is 15.5 Å². The zero-order chi connectivity index (χ0) is 26.2. The highest BCUT2D eigenvalue weighted by molar-refractivity contribution is 6.00. The van der Waals surface area contributed by atoms with E-state index in [0.29, 0.717) is 12.1 Å². The van der Waals surface area contributed by atoms with Crippen molar-refractivity contribution in [3.05, 3.63) is 82.5 Å². The summed E-state index contributed by atoms with van der Waals surface area (Å²) in [6.07, 6.45) is 15.6. The van der Waals surface area contributed by atoms with Crippen LogP contribution in [0.2, 0.25) is 0 Å². The monoisotopic (exact) mass is 477 g/mol. The molecule has 0 bridgehead atoms. The number of carbonyl (C=O) groups excluding carboxylic acids is 1. The number of hydrogen-bond acceptors (Lipinski definition) is 3. The van der Waals surface area contributed by atoms with Crippen LogP contribution in [-0.2, 0) is 9.59 Å². The van der Waals surface area contributed by atoms with Gasteiger partial charge in [0.25, 0.3) is 0 Å². The smallest absolute Gasteiger partial charge is 0.311 e. The summed E-state index contributed by atoms with van der Waals surface area (Å²) in [7, 11) is 0. The van der Waals surface area contributed by atoms with Crippen LogP contribution in [0.3, 0.4) is 0 Å². The van der Waals surface area contributed by atoms with E-state index in [1.54, 1.807) is 13.0 Å². The molecule has 0 spiro atoms. The number of nitrogens with one attached hydrogen (secondary N) is 1. The second kappa shape index (κ2) is 12.4. The number of phenols is 1. The van der Waals surface area contributed by atoms with Crippen molar-refractivity contribution in [3.63, 3.8) is 0 Å². The summed E-state index contributed by atoms with van der Waals surface area (Å²) in [5.74, 6) is -2.27. The molecule has 188 valence electrons.